The van der Waals surface area contributed by atoms with Crippen molar-refractivity contribution in [3.63, 3.8) is 0 Å². The van der Waals surface area contributed by atoms with Gasteiger partial charge in [0.15, 0.2) is 0 Å². The summed E-state index contributed by atoms with van der Waals surface area (Å²) < 4.78 is 0. The molecule has 0 aliphatic carbocycles. The first-order chi connectivity index (χ1) is 6.24. The summed E-state index contributed by atoms with van der Waals surface area (Å²) in [5.74, 6) is 0.310. The van der Waals surface area contributed by atoms with E-state index < -0.39 is 0 Å². The minimum Gasteiger partial charge on any atom is -0.299 e. The monoisotopic (exact) mass is 194 g/mol. The Morgan fingerprint density at radius 1 is 1.38 bits per heavy atom. The molecule has 0 spiro atoms. The van der Waals surface area contributed by atoms with Crippen molar-refractivity contribution in [1.29, 1.82) is 0 Å². The molecule has 0 aliphatic heterocycles. The van der Waals surface area contributed by atoms with Gasteiger partial charge in [0.05, 0.1) is 0 Å². The first-order valence-corrected chi connectivity index (χ1v) is 6.03. The maximum absolute atomic E-state index is 11.2. The third kappa shape index (κ3) is 3.28. The molecular weight excluding hydrogens is 179 g/mol. The smallest absolute Gasteiger partial charge is 0.137 e. The second-order valence-electron chi connectivity index (χ2n) is 3.14. The second-order valence-corrected chi connectivity index (χ2v) is 4.42. The average Bonchev–Trinajstić information content (AvgIpc) is 2.15. The van der Waals surface area contributed by atoms with Crippen LogP contribution in [0.25, 0.3) is 0 Å². The number of benzene rings is 1. The maximum atomic E-state index is 11.2. The molecule has 0 N–H and O–H groups in total. The summed E-state index contributed by atoms with van der Waals surface area (Å²) in [4.78, 5) is 11.2. The largest absolute Gasteiger partial charge is 0.299 e. The van der Waals surface area contributed by atoms with Crippen LogP contribution in [-0.2, 0) is 11.2 Å². The highest BCUT2D eigenvalue weighted by atomic mass is 31.1. The minimum atomic E-state index is 0.224. The van der Waals surface area contributed by atoms with Crippen LogP contribution in [0.5, 0.6) is 0 Å². The van der Waals surface area contributed by atoms with Crippen LogP contribution in [0, 0.1) is 0 Å². The molecule has 0 heterocycles. The van der Waals surface area contributed by atoms with Crippen LogP contribution in [0.4, 0.5) is 0 Å². The van der Waals surface area contributed by atoms with Crippen LogP contribution in [0.2, 0.25) is 0 Å². The van der Waals surface area contributed by atoms with Gasteiger partial charge in [-0.05, 0) is 25.6 Å². The van der Waals surface area contributed by atoms with E-state index in [1.54, 1.807) is 6.92 Å². The van der Waals surface area contributed by atoms with Gasteiger partial charge >= 0.3 is 0 Å². The zero-order valence-electron chi connectivity index (χ0n) is 8.08. The fraction of sp³-hybridized carbons (Fsp3) is 0.364. The summed E-state index contributed by atoms with van der Waals surface area (Å²) >= 11 is 0. The predicted molar refractivity (Wildman–Crippen MR) is 58.9 cm³/mol. The molecule has 0 fully saturated rings. The van der Waals surface area contributed by atoms with Crippen molar-refractivity contribution in [3.8, 4) is 0 Å². The first-order valence-electron chi connectivity index (χ1n) is 4.45. The summed E-state index contributed by atoms with van der Waals surface area (Å²) in [7, 11) is 0.705. The molecule has 0 bridgehead atoms. The fourth-order valence-electron chi connectivity index (χ4n) is 1.30. The third-order valence-corrected chi connectivity index (χ3v) is 3.43. The van der Waals surface area contributed by atoms with E-state index in [9.17, 15) is 4.79 Å². The van der Waals surface area contributed by atoms with E-state index in [-0.39, 0.29) is 5.66 Å². The molecule has 0 aromatic heterocycles. The van der Waals surface area contributed by atoms with E-state index in [0.29, 0.717) is 14.4 Å². The van der Waals surface area contributed by atoms with Crippen LogP contribution in [0.3, 0.4) is 0 Å². The molecule has 0 saturated heterocycles. The molecule has 1 aromatic carbocycles. The van der Waals surface area contributed by atoms with Crippen LogP contribution in [-0.4, -0.2) is 18.1 Å². The predicted octanol–water partition coefficient (Wildman–Crippen LogP) is 2.50. The molecule has 0 aliphatic rings. The van der Waals surface area contributed by atoms with Gasteiger partial charge in [-0.2, -0.15) is 0 Å². The van der Waals surface area contributed by atoms with Crippen LogP contribution >= 0.6 is 8.58 Å². The van der Waals surface area contributed by atoms with E-state index in [4.69, 9.17) is 0 Å². The standard InChI is InChI=1S/C11H15OP/c1-9(12)11(13-2)8-10-6-4-3-5-7-10/h3-7,11,13H,8H2,1-2H3. The number of rotatable bonds is 4. The number of carbonyl (C=O) groups excluding carboxylic acids is 1. The summed E-state index contributed by atoms with van der Waals surface area (Å²) in [6, 6.07) is 10.2. The van der Waals surface area contributed by atoms with E-state index >= 15 is 0 Å². The lowest BCUT2D eigenvalue weighted by Crippen LogP contribution is -2.14. The summed E-state index contributed by atoms with van der Waals surface area (Å²) in [6.45, 7) is 3.78. The lowest BCUT2D eigenvalue weighted by Gasteiger charge is -2.10. The van der Waals surface area contributed by atoms with Gasteiger partial charge in [-0.3, -0.25) is 4.79 Å². The topological polar surface area (TPSA) is 17.1 Å². The second kappa shape index (κ2) is 5.14. The quantitative estimate of drug-likeness (QED) is 0.673. The van der Waals surface area contributed by atoms with Crippen LogP contribution in [0.1, 0.15) is 12.5 Å². The number of Topliss-reactive ketones (excluding diaryl/α,β-unsaturated/α-hetero) is 1. The number of ketones is 1. The van der Waals surface area contributed by atoms with Gasteiger partial charge in [0.1, 0.15) is 5.78 Å². The number of carbonyl (C=O) groups is 1. The molecule has 2 atom stereocenters. The first kappa shape index (κ1) is 10.4. The Morgan fingerprint density at radius 3 is 2.46 bits per heavy atom. The van der Waals surface area contributed by atoms with Crippen molar-refractivity contribution >= 4 is 14.4 Å². The Kier molecular flexibility index (Phi) is 4.11. The van der Waals surface area contributed by atoms with Crippen LogP contribution in [0.15, 0.2) is 30.3 Å². The van der Waals surface area contributed by atoms with Gasteiger partial charge in [-0.1, -0.05) is 30.3 Å². The van der Waals surface area contributed by atoms with E-state index in [1.165, 1.54) is 5.56 Å². The minimum absolute atomic E-state index is 0.224. The molecule has 1 rings (SSSR count). The van der Waals surface area contributed by atoms with Gasteiger partial charge in [0.2, 0.25) is 0 Å². The molecule has 2 heteroatoms. The van der Waals surface area contributed by atoms with Crippen molar-refractivity contribution in [3.05, 3.63) is 35.9 Å². The van der Waals surface area contributed by atoms with Crippen molar-refractivity contribution in [2.45, 2.75) is 19.0 Å². The van der Waals surface area contributed by atoms with Crippen molar-refractivity contribution in [1.82, 2.24) is 0 Å². The van der Waals surface area contributed by atoms with E-state index in [1.807, 2.05) is 18.2 Å². The number of hydrogen-bond acceptors (Lipinski definition) is 1. The summed E-state index contributed by atoms with van der Waals surface area (Å²) in [6.07, 6.45) is 0.894. The highest BCUT2D eigenvalue weighted by Gasteiger charge is 2.11. The van der Waals surface area contributed by atoms with Crippen molar-refractivity contribution in [2.75, 3.05) is 6.66 Å². The molecule has 1 nitrogen and oxygen atoms in total. The van der Waals surface area contributed by atoms with E-state index in [2.05, 4.69) is 18.8 Å². The summed E-state index contributed by atoms with van der Waals surface area (Å²) in [5.41, 5.74) is 1.49. The molecule has 70 valence electrons. The highest BCUT2D eigenvalue weighted by Crippen LogP contribution is 2.19. The van der Waals surface area contributed by atoms with Crippen LogP contribution < -0.4 is 0 Å². The zero-order chi connectivity index (χ0) is 9.68. The Balaban J connectivity index is 2.62. The van der Waals surface area contributed by atoms with Gasteiger partial charge in [-0.15, -0.1) is 8.58 Å². The van der Waals surface area contributed by atoms with Gasteiger partial charge in [0, 0.05) is 5.66 Å². The molecule has 1 aromatic rings. The molecule has 0 amide bonds. The third-order valence-electron chi connectivity index (χ3n) is 2.12. The van der Waals surface area contributed by atoms with Crippen molar-refractivity contribution in [2.24, 2.45) is 0 Å². The Labute approximate surface area is 81.3 Å². The SMILES string of the molecule is CPC(Cc1ccccc1)C(C)=O. The lowest BCUT2D eigenvalue weighted by molar-refractivity contribution is -0.116. The Bertz CT molecular complexity index is 269. The van der Waals surface area contributed by atoms with Gasteiger partial charge < -0.3 is 0 Å². The fourth-order valence-corrected chi connectivity index (χ4v) is 2.15. The zero-order valence-corrected chi connectivity index (χ0v) is 9.08. The normalized spacial score (nSPS) is 13.4. The Hall–Kier alpha value is -0.680. The number of hydrogen-bond donors (Lipinski definition) is 0. The molecule has 2 unspecified atom stereocenters. The molecule has 13 heavy (non-hydrogen) atoms. The molecule has 0 radical (unpaired) electrons. The molecule has 0 saturated carbocycles. The average molecular weight is 194 g/mol. The molecular formula is C11H15OP. The van der Waals surface area contributed by atoms with E-state index in [0.717, 1.165) is 6.42 Å². The van der Waals surface area contributed by atoms with Gasteiger partial charge in [0.25, 0.3) is 0 Å². The Morgan fingerprint density at radius 2 is 2.00 bits per heavy atom. The van der Waals surface area contributed by atoms with Crippen molar-refractivity contribution < 1.29 is 4.79 Å². The highest BCUT2D eigenvalue weighted by molar-refractivity contribution is 7.39. The summed E-state index contributed by atoms with van der Waals surface area (Å²) in [5, 5.41) is 0. The lowest BCUT2D eigenvalue weighted by atomic mass is 10.1. The van der Waals surface area contributed by atoms with Gasteiger partial charge in [-0.25, -0.2) is 0 Å². The maximum Gasteiger partial charge on any atom is 0.137 e.